The number of nitro groups is 1. The maximum Gasteiger partial charge on any atom is 0.271 e. The first-order valence-electron chi connectivity index (χ1n) is 6.02. The molecule has 0 radical (unpaired) electrons. The molecule has 0 spiro atoms. The summed E-state index contributed by atoms with van der Waals surface area (Å²) in [6.45, 7) is 0. The third-order valence-electron chi connectivity index (χ3n) is 2.98. The summed E-state index contributed by atoms with van der Waals surface area (Å²) in [5.41, 5.74) is 2.00. The number of H-pyrrole nitrogens is 1. The van der Waals surface area contributed by atoms with Crippen molar-refractivity contribution in [3.05, 3.63) is 64.5 Å². The number of thioether (sulfide) groups is 1. The number of pyridine rings is 1. The number of nitro benzene ring substituents is 1. The van der Waals surface area contributed by atoms with E-state index in [1.165, 1.54) is 6.07 Å². The molecule has 6 heteroatoms. The standard InChI is InChI=1S/C14H11N3O2S/c18-17(19)11-4-5-12-10(8-16-13(12)7-11)9-20-14-3-1-2-6-15-14/h1-8,16H,9H2. The van der Waals surface area contributed by atoms with Gasteiger partial charge < -0.3 is 4.98 Å². The van der Waals surface area contributed by atoms with Gasteiger partial charge in [0.05, 0.1) is 15.5 Å². The van der Waals surface area contributed by atoms with Crippen LogP contribution in [0.5, 0.6) is 0 Å². The Kier molecular flexibility index (Phi) is 3.39. The van der Waals surface area contributed by atoms with E-state index >= 15 is 0 Å². The van der Waals surface area contributed by atoms with Crippen LogP contribution in [0.2, 0.25) is 0 Å². The molecule has 100 valence electrons. The minimum Gasteiger partial charge on any atom is -0.361 e. The zero-order chi connectivity index (χ0) is 13.9. The van der Waals surface area contributed by atoms with E-state index in [9.17, 15) is 10.1 Å². The molecular weight excluding hydrogens is 274 g/mol. The first-order chi connectivity index (χ1) is 9.74. The summed E-state index contributed by atoms with van der Waals surface area (Å²) in [4.78, 5) is 17.7. The molecule has 0 saturated heterocycles. The highest BCUT2D eigenvalue weighted by Gasteiger charge is 2.10. The van der Waals surface area contributed by atoms with Crippen molar-refractivity contribution in [1.82, 2.24) is 9.97 Å². The number of fused-ring (bicyclic) bond motifs is 1. The summed E-state index contributed by atoms with van der Waals surface area (Å²) >= 11 is 1.64. The van der Waals surface area contributed by atoms with Crippen LogP contribution in [0, 0.1) is 10.1 Å². The van der Waals surface area contributed by atoms with Gasteiger partial charge in [0.2, 0.25) is 0 Å². The smallest absolute Gasteiger partial charge is 0.271 e. The molecule has 0 aliphatic heterocycles. The molecular formula is C14H11N3O2S. The van der Waals surface area contributed by atoms with Crippen molar-refractivity contribution >= 4 is 28.4 Å². The minimum absolute atomic E-state index is 0.100. The van der Waals surface area contributed by atoms with Gasteiger partial charge in [-0.25, -0.2) is 4.98 Å². The Bertz CT molecular complexity index is 755. The van der Waals surface area contributed by atoms with Crippen LogP contribution in [-0.2, 0) is 5.75 Å². The Balaban J connectivity index is 1.84. The molecule has 0 aliphatic carbocycles. The number of aromatic amines is 1. The predicted molar refractivity (Wildman–Crippen MR) is 78.8 cm³/mol. The number of aromatic nitrogens is 2. The highest BCUT2D eigenvalue weighted by Crippen LogP contribution is 2.28. The van der Waals surface area contributed by atoms with E-state index in [1.807, 2.05) is 24.4 Å². The lowest BCUT2D eigenvalue weighted by atomic mass is 10.2. The van der Waals surface area contributed by atoms with Crippen LogP contribution >= 0.6 is 11.8 Å². The van der Waals surface area contributed by atoms with Gasteiger partial charge in [-0.05, 0) is 23.8 Å². The van der Waals surface area contributed by atoms with Crippen molar-refractivity contribution in [2.75, 3.05) is 0 Å². The van der Waals surface area contributed by atoms with E-state index in [1.54, 1.807) is 30.1 Å². The summed E-state index contributed by atoms with van der Waals surface area (Å²) in [5.74, 6) is 0.773. The van der Waals surface area contributed by atoms with E-state index in [0.717, 1.165) is 27.2 Å². The van der Waals surface area contributed by atoms with Crippen molar-refractivity contribution in [2.45, 2.75) is 10.8 Å². The van der Waals surface area contributed by atoms with Crippen LogP contribution in [0.1, 0.15) is 5.56 Å². The molecule has 0 aliphatic rings. The van der Waals surface area contributed by atoms with Gasteiger partial charge in [-0.2, -0.15) is 0 Å². The highest BCUT2D eigenvalue weighted by molar-refractivity contribution is 7.98. The van der Waals surface area contributed by atoms with Gasteiger partial charge >= 0.3 is 0 Å². The van der Waals surface area contributed by atoms with Crippen LogP contribution < -0.4 is 0 Å². The quantitative estimate of drug-likeness (QED) is 0.450. The zero-order valence-electron chi connectivity index (χ0n) is 10.4. The fourth-order valence-corrected chi connectivity index (χ4v) is 2.84. The van der Waals surface area contributed by atoms with E-state index in [4.69, 9.17) is 0 Å². The Morgan fingerprint density at radius 3 is 2.95 bits per heavy atom. The second-order valence-electron chi connectivity index (χ2n) is 4.26. The number of hydrogen-bond acceptors (Lipinski definition) is 4. The topological polar surface area (TPSA) is 71.8 Å². The fraction of sp³-hybridized carbons (Fsp3) is 0.0714. The molecule has 0 bridgehead atoms. The molecule has 0 unspecified atom stereocenters. The third-order valence-corrected chi connectivity index (χ3v) is 3.97. The van der Waals surface area contributed by atoms with Crippen LogP contribution in [0.4, 0.5) is 5.69 Å². The van der Waals surface area contributed by atoms with Crippen LogP contribution in [-0.4, -0.2) is 14.9 Å². The second kappa shape index (κ2) is 5.34. The van der Waals surface area contributed by atoms with Gasteiger partial charge in [-0.1, -0.05) is 6.07 Å². The lowest BCUT2D eigenvalue weighted by Gasteiger charge is -1.99. The number of hydrogen-bond donors (Lipinski definition) is 1. The Morgan fingerprint density at radius 2 is 2.20 bits per heavy atom. The van der Waals surface area contributed by atoms with Gasteiger partial charge in [0, 0.05) is 35.7 Å². The number of rotatable bonds is 4. The average molecular weight is 285 g/mol. The molecule has 0 fully saturated rings. The lowest BCUT2D eigenvalue weighted by molar-refractivity contribution is -0.384. The molecule has 3 aromatic rings. The normalized spacial score (nSPS) is 10.8. The number of nitrogens with one attached hydrogen (secondary N) is 1. The maximum absolute atomic E-state index is 10.7. The summed E-state index contributed by atoms with van der Waals surface area (Å²) in [7, 11) is 0. The van der Waals surface area contributed by atoms with Crippen LogP contribution in [0.25, 0.3) is 10.9 Å². The summed E-state index contributed by atoms with van der Waals surface area (Å²) in [5, 5.41) is 12.7. The summed E-state index contributed by atoms with van der Waals surface area (Å²) < 4.78 is 0. The van der Waals surface area contributed by atoms with Crippen molar-refractivity contribution in [1.29, 1.82) is 0 Å². The fourth-order valence-electron chi connectivity index (χ4n) is 1.99. The Morgan fingerprint density at radius 1 is 1.30 bits per heavy atom. The molecule has 2 heterocycles. The molecule has 3 rings (SSSR count). The van der Waals surface area contributed by atoms with Crippen molar-refractivity contribution in [2.24, 2.45) is 0 Å². The van der Waals surface area contributed by atoms with Gasteiger partial charge in [-0.15, -0.1) is 11.8 Å². The molecule has 1 aromatic carbocycles. The van der Waals surface area contributed by atoms with Crippen LogP contribution in [0.3, 0.4) is 0 Å². The predicted octanol–water partition coefficient (Wildman–Crippen LogP) is 3.76. The number of benzene rings is 1. The van der Waals surface area contributed by atoms with E-state index in [-0.39, 0.29) is 10.6 Å². The minimum atomic E-state index is -0.386. The maximum atomic E-state index is 10.7. The highest BCUT2D eigenvalue weighted by atomic mass is 32.2. The lowest BCUT2D eigenvalue weighted by Crippen LogP contribution is -1.87. The molecule has 1 N–H and O–H groups in total. The second-order valence-corrected chi connectivity index (χ2v) is 5.25. The largest absolute Gasteiger partial charge is 0.361 e. The van der Waals surface area contributed by atoms with Crippen LogP contribution in [0.15, 0.2) is 53.8 Å². The Hall–Kier alpha value is -2.34. The monoisotopic (exact) mass is 285 g/mol. The van der Waals surface area contributed by atoms with Gasteiger partial charge in [0.25, 0.3) is 5.69 Å². The van der Waals surface area contributed by atoms with Gasteiger partial charge in [-0.3, -0.25) is 10.1 Å². The molecule has 0 amide bonds. The molecule has 5 nitrogen and oxygen atoms in total. The Labute approximate surface area is 119 Å². The van der Waals surface area contributed by atoms with E-state index < -0.39 is 0 Å². The summed E-state index contributed by atoms with van der Waals surface area (Å²) in [6, 6.07) is 10.7. The van der Waals surface area contributed by atoms with Gasteiger partial charge in [0.1, 0.15) is 0 Å². The zero-order valence-corrected chi connectivity index (χ0v) is 11.3. The molecule has 0 saturated carbocycles. The third kappa shape index (κ3) is 2.50. The summed E-state index contributed by atoms with van der Waals surface area (Å²) in [6.07, 6.45) is 3.66. The molecule has 2 aromatic heterocycles. The molecule has 20 heavy (non-hydrogen) atoms. The van der Waals surface area contributed by atoms with Gasteiger partial charge in [0.15, 0.2) is 0 Å². The van der Waals surface area contributed by atoms with Crippen molar-refractivity contribution < 1.29 is 4.92 Å². The van der Waals surface area contributed by atoms with Crippen molar-refractivity contribution in [3.8, 4) is 0 Å². The number of nitrogens with zero attached hydrogens (tertiary/aromatic N) is 2. The SMILES string of the molecule is O=[N+]([O-])c1ccc2c(CSc3ccccn3)c[nH]c2c1. The molecule has 0 atom stereocenters. The van der Waals surface area contributed by atoms with Crippen molar-refractivity contribution in [3.63, 3.8) is 0 Å². The van der Waals surface area contributed by atoms with E-state index in [2.05, 4.69) is 9.97 Å². The average Bonchev–Trinajstić information content (AvgIpc) is 2.88. The number of non-ortho nitro benzene ring substituents is 1. The van der Waals surface area contributed by atoms with E-state index in [0.29, 0.717) is 0 Å². The first-order valence-corrected chi connectivity index (χ1v) is 7.01. The first kappa shape index (κ1) is 12.7.